The lowest BCUT2D eigenvalue weighted by molar-refractivity contribution is -0.281. The fourth-order valence-corrected chi connectivity index (χ4v) is 2.32. The zero-order valence-electron chi connectivity index (χ0n) is 12.3. The van der Waals surface area contributed by atoms with Crippen molar-refractivity contribution in [3.05, 3.63) is 23.8 Å². The molecule has 0 aliphatic carbocycles. The number of hydrogen-bond acceptors (Lipinski definition) is 7. The van der Waals surface area contributed by atoms with Crippen molar-refractivity contribution < 1.29 is 35.0 Å². The average molecular weight is 314 g/mol. The molecule has 0 spiro atoms. The fourth-order valence-electron chi connectivity index (χ4n) is 2.32. The SMILES string of the molecule is C[C@H](CCc1ccc(O)cc1O)O[C@@H]1OC[C@@H](O)[C@H](O)[C@H]1O. The predicted molar refractivity (Wildman–Crippen MR) is 76.4 cm³/mol. The monoisotopic (exact) mass is 314 g/mol. The number of aliphatic hydroxyl groups excluding tert-OH is 3. The van der Waals surface area contributed by atoms with Crippen LogP contribution < -0.4 is 0 Å². The molecular weight excluding hydrogens is 292 g/mol. The Morgan fingerprint density at radius 1 is 1.23 bits per heavy atom. The van der Waals surface area contributed by atoms with Crippen molar-refractivity contribution in [3.8, 4) is 11.5 Å². The summed E-state index contributed by atoms with van der Waals surface area (Å²) in [5, 5.41) is 47.7. The van der Waals surface area contributed by atoms with Crippen molar-refractivity contribution in [2.45, 2.75) is 50.5 Å². The van der Waals surface area contributed by atoms with Crippen molar-refractivity contribution in [1.29, 1.82) is 0 Å². The summed E-state index contributed by atoms with van der Waals surface area (Å²) in [5.41, 5.74) is 0.675. The van der Waals surface area contributed by atoms with Crippen LogP contribution in [0.5, 0.6) is 11.5 Å². The summed E-state index contributed by atoms with van der Waals surface area (Å²) in [7, 11) is 0. The lowest BCUT2D eigenvalue weighted by Crippen LogP contribution is -2.54. The average Bonchev–Trinajstić information content (AvgIpc) is 2.47. The molecule has 1 heterocycles. The molecule has 5 atom stereocenters. The number of ether oxygens (including phenoxy) is 2. The maximum Gasteiger partial charge on any atom is 0.186 e. The number of hydrogen-bond donors (Lipinski definition) is 5. The molecule has 124 valence electrons. The molecule has 1 aliphatic rings. The Kier molecular flexibility index (Phi) is 5.60. The van der Waals surface area contributed by atoms with E-state index in [4.69, 9.17) is 9.47 Å². The third kappa shape index (κ3) is 4.08. The van der Waals surface area contributed by atoms with Crippen molar-refractivity contribution in [2.24, 2.45) is 0 Å². The zero-order chi connectivity index (χ0) is 16.3. The molecule has 7 heteroatoms. The molecule has 7 nitrogen and oxygen atoms in total. The minimum atomic E-state index is -1.31. The van der Waals surface area contributed by atoms with Crippen LogP contribution >= 0.6 is 0 Å². The Labute approximate surface area is 128 Å². The first kappa shape index (κ1) is 17.0. The molecule has 1 aromatic rings. The van der Waals surface area contributed by atoms with E-state index in [1.54, 1.807) is 13.0 Å². The molecule has 0 aromatic heterocycles. The van der Waals surface area contributed by atoms with Crippen LogP contribution in [0, 0.1) is 0 Å². The van der Waals surface area contributed by atoms with E-state index in [1.807, 2.05) is 0 Å². The third-order valence-electron chi connectivity index (χ3n) is 3.71. The maximum atomic E-state index is 9.79. The topological polar surface area (TPSA) is 120 Å². The number of rotatable bonds is 5. The van der Waals surface area contributed by atoms with E-state index in [2.05, 4.69) is 0 Å². The number of aromatic hydroxyl groups is 2. The van der Waals surface area contributed by atoms with Gasteiger partial charge in [-0.25, -0.2) is 0 Å². The Bertz CT molecular complexity index is 493. The maximum absolute atomic E-state index is 9.79. The highest BCUT2D eigenvalue weighted by Crippen LogP contribution is 2.25. The zero-order valence-corrected chi connectivity index (χ0v) is 12.3. The van der Waals surface area contributed by atoms with Crippen molar-refractivity contribution in [3.63, 3.8) is 0 Å². The second-order valence-corrected chi connectivity index (χ2v) is 5.55. The number of aliphatic hydroxyl groups is 3. The first-order chi connectivity index (χ1) is 10.4. The molecule has 0 radical (unpaired) electrons. The van der Waals surface area contributed by atoms with Gasteiger partial charge in [-0.1, -0.05) is 6.07 Å². The minimum absolute atomic E-state index is 0.00294. The summed E-state index contributed by atoms with van der Waals surface area (Å²) >= 11 is 0. The van der Waals surface area contributed by atoms with Crippen LogP contribution in [0.2, 0.25) is 0 Å². The normalized spacial score (nSPS) is 30.2. The van der Waals surface area contributed by atoms with Gasteiger partial charge in [0.25, 0.3) is 0 Å². The van der Waals surface area contributed by atoms with Gasteiger partial charge < -0.3 is 35.0 Å². The molecule has 1 aliphatic heterocycles. The van der Waals surface area contributed by atoms with E-state index in [0.29, 0.717) is 18.4 Å². The Morgan fingerprint density at radius 2 is 1.95 bits per heavy atom. The van der Waals surface area contributed by atoms with Crippen molar-refractivity contribution in [1.82, 2.24) is 0 Å². The summed E-state index contributed by atoms with van der Waals surface area (Å²) in [6.45, 7) is 1.68. The third-order valence-corrected chi connectivity index (χ3v) is 3.71. The summed E-state index contributed by atoms with van der Waals surface area (Å²) in [5.74, 6) is 0.0107. The van der Waals surface area contributed by atoms with Gasteiger partial charge in [-0.15, -0.1) is 0 Å². The summed E-state index contributed by atoms with van der Waals surface area (Å²) in [6, 6.07) is 4.39. The van der Waals surface area contributed by atoms with Crippen LogP contribution in [0.25, 0.3) is 0 Å². The van der Waals surface area contributed by atoms with Crippen LogP contribution in [-0.2, 0) is 15.9 Å². The highest BCUT2D eigenvalue weighted by Gasteiger charge is 2.38. The van der Waals surface area contributed by atoms with Crippen LogP contribution in [0.15, 0.2) is 18.2 Å². The van der Waals surface area contributed by atoms with Crippen LogP contribution in [-0.4, -0.2) is 62.8 Å². The smallest absolute Gasteiger partial charge is 0.186 e. The lowest BCUT2D eigenvalue weighted by atomic mass is 10.0. The molecular formula is C15H22O7. The summed E-state index contributed by atoms with van der Waals surface area (Å²) in [4.78, 5) is 0. The van der Waals surface area contributed by atoms with Gasteiger partial charge in [0.1, 0.15) is 29.8 Å². The van der Waals surface area contributed by atoms with E-state index < -0.39 is 24.6 Å². The van der Waals surface area contributed by atoms with E-state index in [1.165, 1.54) is 12.1 Å². The molecule has 0 bridgehead atoms. The standard InChI is InChI=1S/C15H22O7/c1-8(2-3-9-4-5-10(16)6-11(9)17)22-15-14(20)13(19)12(18)7-21-15/h4-6,8,12-20H,2-3,7H2,1H3/t8-,12-,13+,14-,15+/m1/s1. The van der Waals surface area contributed by atoms with E-state index in [0.717, 1.165) is 0 Å². The molecule has 0 unspecified atom stereocenters. The summed E-state index contributed by atoms with van der Waals surface area (Å²) in [6.07, 6.45) is -3.97. The number of phenols is 2. The van der Waals surface area contributed by atoms with Crippen molar-refractivity contribution >= 4 is 0 Å². The molecule has 0 saturated carbocycles. The highest BCUT2D eigenvalue weighted by atomic mass is 16.7. The summed E-state index contributed by atoms with van der Waals surface area (Å²) < 4.78 is 10.7. The Hall–Kier alpha value is -1.38. The van der Waals surface area contributed by atoms with E-state index in [-0.39, 0.29) is 24.2 Å². The lowest BCUT2D eigenvalue weighted by Gasteiger charge is -2.36. The molecule has 22 heavy (non-hydrogen) atoms. The molecule has 1 saturated heterocycles. The van der Waals surface area contributed by atoms with Gasteiger partial charge >= 0.3 is 0 Å². The first-order valence-corrected chi connectivity index (χ1v) is 7.20. The van der Waals surface area contributed by atoms with Gasteiger partial charge in [-0.3, -0.25) is 0 Å². The number of benzene rings is 1. The number of aryl methyl sites for hydroxylation is 1. The van der Waals surface area contributed by atoms with Gasteiger partial charge in [0.05, 0.1) is 12.7 Å². The molecule has 1 fully saturated rings. The largest absolute Gasteiger partial charge is 0.508 e. The Balaban J connectivity index is 1.84. The molecule has 5 N–H and O–H groups in total. The fraction of sp³-hybridized carbons (Fsp3) is 0.600. The quantitative estimate of drug-likeness (QED) is 0.514. The molecule has 0 amide bonds. The van der Waals surface area contributed by atoms with E-state index in [9.17, 15) is 25.5 Å². The van der Waals surface area contributed by atoms with Crippen LogP contribution in [0.4, 0.5) is 0 Å². The highest BCUT2D eigenvalue weighted by molar-refractivity contribution is 5.38. The number of phenolic OH excluding ortho intramolecular Hbond substituents is 2. The van der Waals surface area contributed by atoms with Crippen molar-refractivity contribution in [2.75, 3.05) is 6.61 Å². The van der Waals surface area contributed by atoms with E-state index >= 15 is 0 Å². The van der Waals surface area contributed by atoms with Gasteiger partial charge in [-0.05, 0) is 31.4 Å². The van der Waals surface area contributed by atoms with Crippen LogP contribution in [0.3, 0.4) is 0 Å². The second kappa shape index (κ2) is 7.26. The predicted octanol–water partition coefficient (Wildman–Crippen LogP) is -0.125. The van der Waals surface area contributed by atoms with Gasteiger partial charge in [0.15, 0.2) is 6.29 Å². The van der Waals surface area contributed by atoms with Gasteiger partial charge in [0.2, 0.25) is 0 Å². The molecule has 2 rings (SSSR count). The second-order valence-electron chi connectivity index (χ2n) is 5.55. The Morgan fingerprint density at radius 3 is 2.64 bits per heavy atom. The van der Waals surface area contributed by atoms with Gasteiger partial charge in [0, 0.05) is 6.07 Å². The molecule has 1 aromatic carbocycles. The van der Waals surface area contributed by atoms with Crippen LogP contribution in [0.1, 0.15) is 18.9 Å². The minimum Gasteiger partial charge on any atom is -0.508 e. The first-order valence-electron chi connectivity index (χ1n) is 7.20. The van der Waals surface area contributed by atoms with Gasteiger partial charge in [-0.2, -0.15) is 0 Å².